The third-order valence-corrected chi connectivity index (χ3v) is 4.82. The summed E-state index contributed by atoms with van der Waals surface area (Å²) in [6.07, 6.45) is 0. The average molecular weight is 333 g/mol. The number of pyridine rings is 1. The minimum Gasteiger partial charge on any atom is -0.482 e. The summed E-state index contributed by atoms with van der Waals surface area (Å²) in [5.41, 5.74) is 1.67. The summed E-state index contributed by atoms with van der Waals surface area (Å²) in [6, 6.07) is 8.05. The fraction of sp³-hybridized carbons (Fsp3) is 0.200. The van der Waals surface area contributed by atoms with Gasteiger partial charge < -0.3 is 10.1 Å². The molecule has 0 fully saturated rings. The Balaban J connectivity index is 1.98. The Morgan fingerprint density at radius 3 is 2.78 bits per heavy atom. The maximum atomic E-state index is 12.6. The number of nitrogens with one attached hydrogen (secondary N) is 2. The molecule has 23 heavy (non-hydrogen) atoms. The maximum Gasteiger partial charge on any atom is 0.263 e. The highest BCUT2D eigenvalue weighted by Crippen LogP contribution is 2.33. The molecular formula is C15H15N3O4S. The van der Waals surface area contributed by atoms with E-state index in [1.165, 1.54) is 6.07 Å². The van der Waals surface area contributed by atoms with Crippen LogP contribution >= 0.6 is 0 Å². The number of rotatable bonds is 3. The highest BCUT2D eigenvalue weighted by atomic mass is 32.2. The van der Waals surface area contributed by atoms with Gasteiger partial charge in [0, 0.05) is 11.8 Å². The van der Waals surface area contributed by atoms with Gasteiger partial charge in [-0.1, -0.05) is 6.07 Å². The number of aryl methyl sites for hydroxylation is 2. The van der Waals surface area contributed by atoms with Crippen LogP contribution in [0, 0.1) is 13.8 Å². The second kappa shape index (κ2) is 5.54. The number of carbonyl (C=O) groups is 1. The van der Waals surface area contributed by atoms with Gasteiger partial charge in [-0.05, 0) is 37.6 Å². The second-order valence-electron chi connectivity index (χ2n) is 5.22. The van der Waals surface area contributed by atoms with Crippen molar-refractivity contribution >= 4 is 27.4 Å². The van der Waals surface area contributed by atoms with Crippen LogP contribution in [0.15, 0.2) is 35.2 Å². The van der Waals surface area contributed by atoms with Crippen LogP contribution < -0.4 is 14.8 Å². The number of amides is 1. The molecule has 1 aliphatic rings. The lowest BCUT2D eigenvalue weighted by molar-refractivity contribution is -0.118. The summed E-state index contributed by atoms with van der Waals surface area (Å²) in [5, 5.41) is 2.65. The number of nitrogens with zero attached hydrogens (tertiary/aromatic N) is 1. The lowest BCUT2D eigenvalue weighted by Gasteiger charge is -2.20. The normalized spacial score (nSPS) is 13.7. The zero-order chi connectivity index (χ0) is 16.6. The van der Waals surface area contributed by atoms with Gasteiger partial charge in [0.25, 0.3) is 15.9 Å². The number of anilines is 2. The molecule has 0 saturated carbocycles. The van der Waals surface area contributed by atoms with Crippen LogP contribution in [0.1, 0.15) is 11.3 Å². The maximum absolute atomic E-state index is 12.6. The van der Waals surface area contributed by atoms with Crippen molar-refractivity contribution in [2.24, 2.45) is 0 Å². The molecule has 0 radical (unpaired) electrons. The molecule has 0 bridgehead atoms. The van der Waals surface area contributed by atoms with Crippen LogP contribution in [0.4, 0.5) is 11.5 Å². The van der Waals surface area contributed by atoms with Crippen LogP contribution in [0.3, 0.4) is 0 Å². The van der Waals surface area contributed by atoms with E-state index in [1.807, 2.05) is 0 Å². The molecule has 7 nitrogen and oxygen atoms in total. The Morgan fingerprint density at radius 1 is 1.26 bits per heavy atom. The fourth-order valence-electron chi connectivity index (χ4n) is 2.30. The Kier molecular flexibility index (Phi) is 3.69. The van der Waals surface area contributed by atoms with E-state index in [-0.39, 0.29) is 23.2 Å². The first-order valence-electron chi connectivity index (χ1n) is 6.89. The lowest BCUT2D eigenvalue weighted by Crippen LogP contribution is -2.26. The van der Waals surface area contributed by atoms with Gasteiger partial charge in [0.15, 0.2) is 6.61 Å². The molecule has 0 aliphatic carbocycles. The first-order valence-corrected chi connectivity index (χ1v) is 8.37. The molecule has 3 rings (SSSR count). The zero-order valence-corrected chi connectivity index (χ0v) is 13.4. The Hall–Kier alpha value is -2.61. The van der Waals surface area contributed by atoms with E-state index in [0.717, 1.165) is 0 Å². The van der Waals surface area contributed by atoms with Crippen LogP contribution in [-0.4, -0.2) is 25.9 Å². The number of carbonyl (C=O) groups excluding carboxylic acids is 1. The number of hydrogen-bond acceptors (Lipinski definition) is 5. The molecule has 1 aromatic carbocycles. The van der Waals surface area contributed by atoms with Gasteiger partial charge in [0.1, 0.15) is 11.6 Å². The summed E-state index contributed by atoms with van der Waals surface area (Å²) in [5.74, 6) is 0.304. The van der Waals surface area contributed by atoms with Crippen molar-refractivity contribution in [1.82, 2.24) is 4.98 Å². The fourth-order valence-corrected chi connectivity index (χ4v) is 3.54. The zero-order valence-electron chi connectivity index (χ0n) is 12.6. The lowest BCUT2D eigenvalue weighted by atomic mass is 10.2. The predicted octanol–water partition coefficient (Wildman–Crippen LogP) is 1.83. The van der Waals surface area contributed by atoms with E-state index in [2.05, 4.69) is 15.0 Å². The first kappa shape index (κ1) is 15.3. The van der Waals surface area contributed by atoms with E-state index in [9.17, 15) is 13.2 Å². The van der Waals surface area contributed by atoms with Crippen molar-refractivity contribution in [3.05, 3.63) is 41.6 Å². The molecule has 0 spiro atoms. The van der Waals surface area contributed by atoms with Gasteiger partial charge in [0.05, 0.1) is 10.6 Å². The number of sulfonamides is 1. The summed E-state index contributed by atoms with van der Waals surface area (Å²) in [6.45, 7) is 3.29. The van der Waals surface area contributed by atoms with Crippen molar-refractivity contribution in [2.45, 2.75) is 18.7 Å². The molecule has 1 aromatic heterocycles. The summed E-state index contributed by atoms with van der Waals surface area (Å²) in [7, 11) is -3.81. The molecule has 2 aromatic rings. The largest absolute Gasteiger partial charge is 0.482 e. The van der Waals surface area contributed by atoms with Gasteiger partial charge in [-0.2, -0.15) is 0 Å². The third-order valence-electron chi connectivity index (χ3n) is 3.33. The predicted molar refractivity (Wildman–Crippen MR) is 85.1 cm³/mol. The topological polar surface area (TPSA) is 97.4 Å². The Morgan fingerprint density at radius 2 is 2.04 bits per heavy atom. The molecular weight excluding hydrogens is 318 g/mol. The molecule has 2 heterocycles. The smallest absolute Gasteiger partial charge is 0.263 e. The number of aromatic nitrogens is 1. The SMILES string of the molecule is Cc1cccc(NS(=O)(=O)c2cc3c(cc2C)NC(=O)CO3)n1. The van der Waals surface area contributed by atoms with Crippen molar-refractivity contribution in [3.63, 3.8) is 0 Å². The highest BCUT2D eigenvalue weighted by molar-refractivity contribution is 7.92. The molecule has 0 unspecified atom stereocenters. The van der Waals surface area contributed by atoms with Crippen molar-refractivity contribution in [1.29, 1.82) is 0 Å². The van der Waals surface area contributed by atoms with Gasteiger partial charge >= 0.3 is 0 Å². The number of ether oxygens (including phenoxy) is 1. The first-order chi connectivity index (χ1) is 10.8. The third kappa shape index (κ3) is 3.11. The quantitative estimate of drug-likeness (QED) is 0.893. The Bertz CT molecular complexity index is 894. The second-order valence-corrected chi connectivity index (χ2v) is 6.87. The number of hydrogen-bond donors (Lipinski definition) is 2. The summed E-state index contributed by atoms with van der Waals surface area (Å²) < 4.78 is 32.9. The van der Waals surface area contributed by atoms with Crippen molar-refractivity contribution < 1.29 is 17.9 Å². The number of fused-ring (bicyclic) bond motifs is 1. The van der Waals surface area contributed by atoms with Crippen molar-refractivity contribution in [2.75, 3.05) is 16.6 Å². The van der Waals surface area contributed by atoms with Gasteiger partial charge in [-0.15, -0.1) is 0 Å². The average Bonchev–Trinajstić information content (AvgIpc) is 2.45. The van der Waals surface area contributed by atoms with Crippen LogP contribution in [0.2, 0.25) is 0 Å². The standard InChI is InChI=1S/C15H15N3O4S/c1-9-6-11-12(22-8-15(19)17-11)7-13(9)23(20,21)18-14-5-3-4-10(2)16-14/h3-7H,8H2,1-2H3,(H,16,18)(H,17,19). The van der Waals surface area contributed by atoms with Crippen LogP contribution in [0.5, 0.6) is 5.75 Å². The minimum atomic E-state index is -3.81. The molecule has 8 heteroatoms. The molecule has 120 valence electrons. The van der Waals surface area contributed by atoms with E-state index < -0.39 is 10.0 Å². The van der Waals surface area contributed by atoms with Crippen LogP contribution in [-0.2, 0) is 14.8 Å². The van der Waals surface area contributed by atoms with Gasteiger partial charge in [-0.25, -0.2) is 13.4 Å². The highest BCUT2D eigenvalue weighted by Gasteiger charge is 2.23. The summed E-state index contributed by atoms with van der Waals surface area (Å²) >= 11 is 0. The van der Waals surface area contributed by atoms with E-state index in [0.29, 0.717) is 22.7 Å². The van der Waals surface area contributed by atoms with E-state index in [4.69, 9.17) is 4.74 Å². The molecule has 0 saturated heterocycles. The van der Waals surface area contributed by atoms with E-state index >= 15 is 0 Å². The van der Waals surface area contributed by atoms with Crippen molar-refractivity contribution in [3.8, 4) is 5.75 Å². The minimum absolute atomic E-state index is 0.0794. The monoisotopic (exact) mass is 333 g/mol. The van der Waals surface area contributed by atoms with Gasteiger partial charge in [0.2, 0.25) is 0 Å². The molecule has 2 N–H and O–H groups in total. The van der Waals surface area contributed by atoms with Crippen LogP contribution in [0.25, 0.3) is 0 Å². The van der Waals surface area contributed by atoms with E-state index in [1.54, 1.807) is 38.1 Å². The summed E-state index contributed by atoms with van der Waals surface area (Å²) in [4.78, 5) is 15.5. The molecule has 0 atom stereocenters. The molecule has 1 aliphatic heterocycles. The number of benzene rings is 1. The van der Waals surface area contributed by atoms with Gasteiger partial charge in [-0.3, -0.25) is 9.52 Å². The Labute approximate surface area is 133 Å². The molecule has 1 amide bonds.